The fourth-order valence-electron chi connectivity index (χ4n) is 1.57. The van der Waals surface area contributed by atoms with Crippen LogP contribution in [0.15, 0.2) is 35.3 Å². The molecule has 0 spiro atoms. The van der Waals surface area contributed by atoms with Crippen LogP contribution in [0.5, 0.6) is 0 Å². The molecule has 92 valence electrons. The van der Waals surface area contributed by atoms with Crippen LogP contribution in [0.4, 0.5) is 0 Å². The minimum atomic E-state index is -0.320. The third kappa shape index (κ3) is 3.63. The van der Waals surface area contributed by atoms with Crippen molar-refractivity contribution in [2.75, 3.05) is 13.1 Å². The number of nitrogens with zero attached hydrogens (tertiary/aromatic N) is 1. The highest BCUT2D eigenvalue weighted by Gasteiger charge is 2.20. The first-order valence-corrected chi connectivity index (χ1v) is 5.80. The monoisotopic (exact) mass is 242 g/mol. The highest BCUT2D eigenvalue weighted by Crippen LogP contribution is 2.02. The van der Waals surface area contributed by atoms with Gasteiger partial charge in [0.2, 0.25) is 0 Å². The summed E-state index contributed by atoms with van der Waals surface area (Å²) in [5, 5.41) is 2.89. The molecule has 1 aliphatic heterocycles. The number of rotatable bonds is 2. The van der Waals surface area contributed by atoms with Crippen LogP contribution in [0.2, 0.25) is 0 Å². The highest BCUT2D eigenvalue weighted by atomic mass is 16.5. The van der Waals surface area contributed by atoms with Crippen LogP contribution in [0.3, 0.4) is 0 Å². The Morgan fingerprint density at radius 3 is 3.00 bits per heavy atom. The standard InChI is InChI=1S/C14H14N2O2/c17-14(13-9-15-11-16-10-13)18-8-4-7-12-5-2-1-3-6-12/h1-3,5-6,11,13H,7,9-10H2,(H,15,16). The molecule has 1 aliphatic rings. The summed E-state index contributed by atoms with van der Waals surface area (Å²) in [6, 6.07) is 9.82. The molecule has 0 amide bonds. The highest BCUT2D eigenvalue weighted by molar-refractivity contribution is 5.75. The van der Waals surface area contributed by atoms with E-state index in [1.54, 1.807) is 6.34 Å². The van der Waals surface area contributed by atoms with Crippen LogP contribution in [-0.4, -0.2) is 25.4 Å². The van der Waals surface area contributed by atoms with Crippen molar-refractivity contribution in [3.05, 3.63) is 35.9 Å². The molecule has 0 aromatic heterocycles. The zero-order valence-corrected chi connectivity index (χ0v) is 9.93. The second-order valence-corrected chi connectivity index (χ2v) is 3.96. The van der Waals surface area contributed by atoms with Crippen molar-refractivity contribution in [2.24, 2.45) is 10.9 Å². The van der Waals surface area contributed by atoms with Crippen LogP contribution in [0.25, 0.3) is 0 Å². The lowest BCUT2D eigenvalue weighted by Crippen LogP contribution is -2.34. The number of benzene rings is 1. The van der Waals surface area contributed by atoms with E-state index in [4.69, 9.17) is 4.74 Å². The average Bonchev–Trinajstić information content (AvgIpc) is 2.45. The van der Waals surface area contributed by atoms with Gasteiger partial charge in [-0.05, 0) is 5.56 Å². The summed E-state index contributed by atoms with van der Waals surface area (Å²) in [5.74, 6) is 2.27. The Balaban J connectivity index is 1.78. The Kier molecular flexibility index (Phi) is 4.37. The molecule has 4 nitrogen and oxygen atoms in total. The predicted molar refractivity (Wildman–Crippen MR) is 68.9 cm³/mol. The number of carbonyl (C=O) groups excluding carboxylic acids is 1. The first-order chi connectivity index (χ1) is 8.86. The molecule has 0 bridgehead atoms. The van der Waals surface area contributed by atoms with Crippen molar-refractivity contribution in [3.63, 3.8) is 0 Å². The first kappa shape index (κ1) is 12.2. The summed E-state index contributed by atoms with van der Waals surface area (Å²) in [5.41, 5.74) is 1.10. The van der Waals surface area contributed by atoms with Gasteiger partial charge in [-0.1, -0.05) is 36.3 Å². The number of aliphatic imine (C=N–C) groups is 1. The number of hydrogen-bond donors (Lipinski definition) is 1. The molecule has 1 aromatic rings. The number of hydrogen-bond acceptors (Lipinski definition) is 4. The molecule has 0 radical (unpaired) electrons. The molecule has 1 aromatic carbocycles. The van der Waals surface area contributed by atoms with E-state index in [1.807, 2.05) is 30.3 Å². The van der Waals surface area contributed by atoms with Gasteiger partial charge in [0.15, 0.2) is 0 Å². The zero-order valence-electron chi connectivity index (χ0n) is 9.93. The minimum Gasteiger partial charge on any atom is -0.375 e. The maximum atomic E-state index is 11.6. The van der Waals surface area contributed by atoms with Gasteiger partial charge in [-0.15, -0.1) is 0 Å². The fourth-order valence-corrected chi connectivity index (χ4v) is 1.57. The molecule has 0 aliphatic carbocycles. The van der Waals surface area contributed by atoms with Gasteiger partial charge in [0.05, 0.1) is 18.8 Å². The lowest BCUT2D eigenvalue weighted by molar-refractivity contribution is -0.140. The third-order valence-corrected chi connectivity index (χ3v) is 2.57. The summed E-state index contributed by atoms with van der Waals surface area (Å²) < 4.78 is 4.89. The summed E-state index contributed by atoms with van der Waals surface area (Å²) >= 11 is 0. The molecular formula is C14H14N2O2. The SMILES string of the molecule is O=C(OC#CCc1ccccc1)C1CN=CNC1. The largest absolute Gasteiger partial charge is 0.375 e. The predicted octanol–water partition coefficient (Wildman–Crippen LogP) is 0.981. The Bertz CT molecular complexity index is 486. The van der Waals surface area contributed by atoms with E-state index in [2.05, 4.69) is 22.3 Å². The van der Waals surface area contributed by atoms with Crippen molar-refractivity contribution in [2.45, 2.75) is 6.42 Å². The van der Waals surface area contributed by atoms with E-state index in [-0.39, 0.29) is 11.9 Å². The Morgan fingerprint density at radius 2 is 2.28 bits per heavy atom. The van der Waals surface area contributed by atoms with Gasteiger partial charge in [-0.2, -0.15) is 0 Å². The van der Waals surface area contributed by atoms with E-state index in [0.29, 0.717) is 19.5 Å². The fraction of sp³-hybridized carbons (Fsp3) is 0.286. The number of nitrogens with one attached hydrogen (secondary N) is 1. The van der Waals surface area contributed by atoms with Gasteiger partial charge >= 0.3 is 5.97 Å². The lowest BCUT2D eigenvalue weighted by Gasteiger charge is -2.14. The molecule has 0 saturated heterocycles. The molecule has 1 atom stereocenters. The van der Waals surface area contributed by atoms with Crippen molar-refractivity contribution in [1.82, 2.24) is 5.32 Å². The smallest absolute Gasteiger partial charge is 0.326 e. The lowest BCUT2D eigenvalue weighted by atomic mass is 10.1. The molecule has 18 heavy (non-hydrogen) atoms. The molecule has 1 heterocycles. The average molecular weight is 242 g/mol. The number of esters is 1. The van der Waals surface area contributed by atoms with Crippen molar-refractivity contribution < 1.29 is 9.53 Å². The van der Waals surface area contributed by atoms with E-state index >= 15 is 0 Å². The molecule has 1 N–H and O–H groups in total. The van der Waals surface area contributed by atoms with Crippen LogP contribution in [0.1, 0.15) is 5.56 Å². The van der Waals surface area contributed by atoms with Gasteiger partial charge < -0.3 is 10.1 Å². The van der Waals surface area contributed by atoms with Crippen molar-refractivity contribution >= 4 is 12.3 Å². The zero-order chi connectivity index (χ0) is 12.6. The van der Waals surface area contributed by atoms with Crippen LogP contribution in [0, 0.1) is 17.9 Å². The number of ether oxygens (including phenoxy) is 1. The second kappa shape index (κ2) is 6.45. The molecule has 4 heteroatoms. The summed E-state index contributed by atoms with van der Waals surface area (Å²) in [6.07, 6.45) is 4.63. The van der Waals surface area contributed by atoms with E-state index in [9.17, 15) is 4.79 Å². The first-order valence-electron chi connectivity index (χ1n) is 5.80. The van der Waals surface area contributed by atoms with Crippen molar-refractivity contribution in [3.8, 4) is 12.0 Å². The Labute approximate surface area is 106 Å². The molecule has 0 saturated carbocycles. The van der Waals surface area contributed by atoms with Crippen LogP contribution >= 0.6 is 0 Å². The quantitative estimate of drug-likeness (QED) is 0.621. The molecular weight excluding hydrogens is 228 g/mol. The van der Waals surface area contributed by atoms with E-state index < -0.39 is 0 Å². The Hall–Kier alpha value is -2.28. The van der Waals surface area contributed by atoms with Gasteiger partial charge in [-0.25, -0.2) is 0 Å². The Morgan fingerprint density at radius 1 is 1.44 bits per heavy atom. The minimum absolute atomic E-state index is 0.235. The summed E-state index contributed by atoms with van der Waals surface area (Å²) in [4.78, 5) is 15.5. The molecule has 0 fully saturated rings. The molecule has 2 rings (SSSR count). The van der Waals surface area contributed by atoms with Gasteiger partial charge in [0, 0.05) is 13.0 Å². The van der Waals surface area contributed by atoms with Crippen LogP contribution in [-0.2, 0) is 16.0 Å². The van der Waals surface area contributed by atoms with Gasteiger partial charge in [0.25, 0.3) is 0 Å². The molecule has 1 unspecified atom stereocenters. The summed E-state index contributed by atoms with van der Waals surface area (Å²) in [6.45, 7) is 1.02. The van der Waals surface area contributed by atoms with Gasteiger partial charge in [-0.3, -0.25) is 9.79 Å². The summed E-state index contributed by atoms with van der Waals surface area (Å²) in [7, 11) is 0. The maximum absolute atomic E-state index is 11.6. The number of carbonyl (C=O) groups is 1. The second-order valence-electron chi connectivity index (χ2n) is 3.96. The topological polar surface area (TPSA) is 50.7 Å². The third-order valence-electron chi connectivity index (χ3n) is 2.57. The van der Waals surface area contributed by atoms with Crippen LogP contribution < -0.4 is 5.32 Å². The van der Waals surface area contributed by atoms with E-state index in [0.717, 1.165) is 5.56 Å². The van der Waals surface area contributed by atoms with Crippen molar-refractivity contribution in [1.29, 1.82) is 0 Å². The van der Waals surface area contributed by atoms with Gasteiger partial charge in [0.1, 0.15) is 6.11 Å². The normalized spacial score (nSPS) is 17.2. The van der Waals surface area contributed by atoms with E-state index in [1.165, 1.54) is 0 Å². The maximum Gasteiger partial charge on any atom is 0.326 e.